The first-order chi connectivity index (χ1) is 19.7. The Morgan fingerprint density at radius 3 is 2.49 bits per heavy atom. The second-order valence-electron chi connectivity index (χ2n) is 10.4. The van der Waals surface area contributed by atoms with Crippen molar-refractivity contribution in [3.05, 3.63) is 86.1 Å². The summed E-state index contributed by atoms with van der Waals surface area (Å²) < 4.78 is 0.887. The standard InChI is InChI=1S/C28H27N7O6/c1-33-23(37)19(22(36)30-27(33)41)13-29-18-7-8-20-17(11-18)12-28(24(38)31-26(40)32-25(28)39)21-15-34(9-10-35(20)21)14-16-5-3-2-4-6-16/h2-8,11,13,21,37H,9-10,12,14-15H2,1H3,(H,30,36,41)(H2,31,32,38,39,40)/t21-/m0/s1. The molecule has 4 N–H and O–H groups in total. The first-order valence-electron chi connectivity index (χ1n) is 13.1. The third-order valence-corrected chi connectivity index (χ3v) is 8.06. The molecule has 2 fully saturated rings. The average Bonchev–Trinajstić information content (AvgIpc) is 2.95. The van der Waals surface area contributed by atoms with Gasteiger partial charge in [0.2, 0.25) is 17.7 Å². The number of benzene rings is 2. The molecule has 1 spiro atoms. The number of aromatic amines is 1. The normalized spacial score (nSPS) is 20.1. The summed E-state index contributed by atoms with van der Waals surface area (Å²) in [4.78, 5) is 73.6. The number of carbonyl (C=O) groups excluding carboxylic acids is 3. The van der Waals surface area contributed by atoms with Crippen LogP contribution in [0.5, 0.6) is 5.88 Å². The largest absolute Gasteiger partial charge is 0.494 e. The molecule has 2 aromatic carbocycles. The van der Waals surface area contributed by atoms with E-state index >= 15 is 0 Å². The van der Waals surface area contributed by atoms with Crippen LogP contribution in [0.1, 0.15) is 16.7 Å². The van der Waals surface area contributed by atoms with Crippen LogP contribution in [-0.2, 0) is 29.6 Å². The number of amides is 4. The number of carbonyl (C=O) groups is 3. The van der Waals surface area contributed by atoms with Crippen LogP contribution in [0.25, 0.3) is 0 Å². The second-order valence-corrected chi connectivity index (χ2v) is 10.4. The van der Waals surface area contributed by atoms with Crippen LogP contribution < -0.4 is 26.8 Å². The van der Waals surface area contributed by atoms with Gasteiger partial charge in [0.1, 0.15) is 5.56 Å². The number of fused-ring (bicyclic) bond motifs is 4. The lowest BCUT2D eigenvalue weighted by Crippen LogP contribution is -2.74. The molecule has 13 heteroatoms. The Morgan fingerprint density at radius 1 is 1.02 bits per heavy atom. The quantitative estimate of drug-likeness (QED) is 0.259. The van der Waals surface area contributed by atoms with Gasteiger partial charge in [-0.15, -0.1) is 0 Å². The summed E-state index contributed by atoms with van der Waals surface area (Å²) in [6.45, 7) is 2.32. The molecule has 1 aromatic heterocycles. The average molecular weight is 558 g/mol. The number of aliphatic imine (C=N–C) groups is 1. The fraction of sp³-hybridized carbons (Fsp3) is 0.286. The summed E-state index contributed by atoms with van der Waals surface area (Å²) in [5, 5.41) is 14.9. The van der Waals surface area contributed by atoms with Crippen molar-refractivity contribution in [2.24, 2.45) is 17.5 Å². The highest BCUT2D eigenvalue weighted by Gasteiger charge is 2.60. The van der Waals surface area contributed by atoms with Gasteiger partial charge >= 0.3 is 11.7 Å². The summed E-state index contributed by atoms with van der Waals surface area (Å²) in [5.41, 5.74) is -0.269. The zero-order valence-electron chi connectivity index (χ0n) is 22.1. The van der Waals surface area contributed by atoms with Crippen LogP contribution in [-0.4, -0.2) is 69.3 Å². The molecule has 13 nitrogen and oxygen atoms in total. The minimum atomic E-state index is -1.56. The molecule has 0 aliphatic carbocycles. The number of imide groups is 2. The third-order valence-electron chi connectivity index (χ3n) is 8.06. The molecular weight excluding hydrogens is 530 g/mol. The smallest absolute Gasteiger partial charge is 0.330 e. The Bertz CT molecular complexity index is 1710. The van der Waals surface area contributed by atoms with Crippen LogP contribution in [0.4, 0.5) is 16.2 Å². The van der Waals surface area contributed by atoms with E-state index in [0.717, 1.165) is 22.0 Å². The van der Waals surface area contributed by atoms with E-state index in [-0.39, 0.29) is 12.0 Å². The maximum absolute atomic E-state index is 13.5. The fourth-order valence-corrected chi connectivity index (χ4v) is 5.94. The number of aromatic hydroxyl groups is 1. The number of rotatable bonds is 4. The fourth-order valence-electron chi connectivity index (χ4n) is 5.94. The zero-order valence-corrected chi connectivity index (χ0v) is 22.1. The van der Waals surface area contributed by atoms with Crippen molar-refractivity contribution in [1.29, 1.82) is 0 Å². The Kier molecular flexibility index (Phi) is 6.30. The third kappa shape index (κ3) is 4.39. The van der Waals surface area contributed by atoms with Crippen LogP contribution in [0.3, 0.4) is 0 Å². The van der Waals surface area contributed by atoms with Gasteiger partial charge < -0.3 is 10.0 Å². The number of anilines is 1. The lowest BCUT2D eigenvalue weighted by atomic mass is 9.68. The zero-order chi connectivity index (χ0) is 28.9. The van der Waals surface area contributed by atoms with Gasteiger partial charge in [-0.2, -0.15) is 0 Å². The number of hydrogen-bond acceptors (Lipinski definition) is 9. The van der Waals surface area contributed by atoms with Gasteiger partial charge in [0.05, 0.1) is 11.7 Å². The molecule has 1 atom stereocenters. The van der Waals surface area contributed by atoms with E-state index in [2.05, 4.69) is 25.5 Å². The predicted molar refractivity (Wildman–Crippen MR) is 148 cm³/mol. The highest BCUT2D eigenvalue weighted by molar-refractivity contribution is 6.20. The lowest BCUT2D eigenvalue weighted by Gasteiger charge is -2.54. The number of hydrogen-bond donors (Lipinski definition) is 4. The summed E-state index contributed by atoms with van der Waals surface area (Å²) in [7, 11) is 1.31. The molecule has 6 rings (SSSR count). The molecule has 0 unspecified atom stereocenters. The number of aromatic nitrogens is 2. The van der Waals surface area contributed by atoms with E-state index in [1.165, 1.54) is 7.05 Å². The van der Waals surface area contributed by atoms with Crippen molar-refractivity contribution in [3.8, 4) is 5.88 Å². The number of piperazine rings is 1. The first kappa shape index (κ1) is 26.2. The predicted octanol–water partition coefficient (Wildman–Crippen LogP) is 0.129. The number of H-pyrrole nitrogens is 1. The van der Waals surface area contributed by atoms with Gasteiger partial charge in [-0.1, -0.05) is 30.3 Å². The molecule has 4 heterocycles. The van der Waals surface area contributed by atoms with E-state index in [4.69, 9.17) is 0 Å². The molecule has 0 saturated carbocycles. The molecule has 3 aliphatic heterocycles. The number of nitrogens with one attached hydrogen (secondary N) is 3. The molecule has 41 heavy (non-hydrogen) atoms. The van der Waals surface area contributed by atoms with Gasteiger partial charge in [-0.05, 0) is 35.7 Å². The Morgan fingerprint density at radius 2 is 1.76 bits per heavy atom. The van der Waals surface area contributed by atoms with Gasteiger partial charge in [-0.25, -0.2) is 9.59 Å². The number of urea groups is 1. The van der Waals surface area contributed by atoms with Crippen LogP contribution in [0.2, 0.25) is 0 Å². The number of barbiturate groups is 1. The van der Waals surface area contributed by atoms with Crippen LogP contribution >= 0.6 is 0 Å². The SMILES string of the molecule is Cn1c(O)c(C=Nc2ccc3c(c2)CC2(C(=O)NC(=O)NC2=O)[C@@H]2CN(Cc4ccccc4)CCN32)c(=O)[nH]c1=O. The molecular formula is C28H27N7O6. The van der Waals surface area contributed by atoms with Gasteiger partial charge in [0.15, 0.2) is 5.41 Å². The van der Waals surface area contributed by atoms with Crippen LogP contribution in [0.15, 0.2) is 63.1 Å². The molecule has 0 radical (unpaired) electrons. The van der Waals surface area contributed by atoms with Crippen molar-refractivity contribution in [3.63, 3.8) is 0 Å². The van der Waals surface area contributed by atoms with Gasteiger partial charge in [0, 0.05) is 45.1 Å². The Hall–Kier alpha value is -5.04. The topological polar surface area (TPSA) is 169 Å². The van der Waals surface area contributed by atoms with Crippen molar-refractivity contribution >= 4 is 35.4 Å². The van der Waals surface area contributed by atoms with Gasteiger partial charge in [0.25, 0.3) is 5.56 Å². The number of nitrogens with zero attached hydrogens (tertiary/aromatic N) is 4. The van der Waals surface area contributed by atoms with Crippen molar-refractivity contribution < 1.29 is 19.5 Å². The van der Waals surface area contributed by atoms with Crippen molar-refractivity contribution in [2.45, 2.75) is 19.0 Å². The molecule has 3 aromatic rings. The van der Waals surface area contributed by atoms with E-state index in [1.807, 2.05) is 41.3 Å². The molecule has 0 bridgehead atoms. The highest BCUT2D eigenvalue weighted by Crippen LogP contribution is 2.45. The molecule has 4 amide bonds. The minimum absolute atomic E-state index is 0.0304. The minimum Gasteiger partial charge on any atom is -0.494 e. The maximum Gasteiger partial charge on any atom is 0.330 e. The van der Waals surface area contributed by atoms with E-state index in [0.29, 0.717) is 37.4 Å². The lowest BCUT2D eigenvalue weighted by molar-refractivity contribution is -0.147. The monoisotopic (exact) mass is 557 g/mol. The van der Waals surface area contributed by atoms with E-state index < -0.39 is 46.4 Å². The summed E-state index contributed by atoms with van der Waals surface area (Å²) in [5.74, 6) is -1.83. The second kappa shape index (κ2) is 9.86. The summed E-state index contributed by atoms with van der Waals surface area (Å²) in [6.07, 6.45) is 1.18. The van der Waals surface area contributed by atoms with Crippen LogP contribution in [0, 0.1) is 5.41 Å². The Balaban J connectivity index is 1.37. The van der Waals surface area contributed by atoms with Crippen molar-refractivity contribution in [1.82, 2.24) is 25.1 Å². The first-order valence-corrected chi connectivity index (χ1v) is 13.1. The summed E-state index contributed by atoms with van der Waals surface area (Å²) in [6, 6.07) is 13.9. The van der Waals surface area contributed by atoms with Gasteiger partial charge in [-0.3, -0.25) is 44.5 Å². The van der Waals surface area contributed by atoms with Crippen molar-refractivity contribution in [2.75, 3.05) is 24.5 Å². The molecule has 3 aliphatic rings. The maximum atomic E-state index is 13.5. The van der Waals surface area contributed by atoms with E-state index in [1.54, 1.807) is 12.1 Å². The molecule has 210 valence electrons. The molecule has 2 saturated heterocycles. The highest BCUT2D eigenvalue weighted by atomic mass is 16.3. The Labute approximate surface area is 233 Å². The van der Waals surface area contributed by atoms with E-state index in [9.17, 15) is 29.1 Å². The summed E-state index contributed by atoms with van der Waals surface area (Å²) >= 11 is 0.